The van der Waals surface area contributed by atoms with Gasteiger partial charge in [0.2, 0.25) is 0 Å². The fourth-order valence-electron chi connectivity index (χ4n) is 1.23. The van der Waals surface area contributed by atoms with Crippen molar-refractivity contribution in [1.82, 2.24) is 14.6 Å². The van der Waals surface area contributed by atoms with E-state index in [0.717, 1.165) is 4.47 Å². The van der Waals surface area contributed by atoms with Gasteiger partial charge in [-0.25, -0.2) is 9.50 Å². The Kier molecular flexibility index (Phi) is 2.31. The first-order valence-electron chi connectivity index (χ1n) is 4.08. The number of aliphatic carboxylic acids is 1. The number of anilines is 1. The van der Waals surface area contributed by atoms with E-state index in [9.17, 15) is 4.79 Å². The number of hydrogen-bond acceptors (Lipinski definition) is 4. The number of carbonyl (C=O) groups is 1. The number of nitrogens with two attached hydrogens (primary N) is 1. The van der Waals surface area contributed by atoms with Crippen molar-refractivity contribution in [3.63, 3.8) is 0 Å². The maximum atomic E-state index is 10.5. The van der Waals surface area contributed by atoms with Crippen molar-refractivity contribution in [2.75, 3.05) is 5.73 Å². The number of nitrogen functional groups attached to an aromatic ring is 1. The van der Waals surface area contributed by atoms with Gasteiger partial charge in [-0.05, 0) is 15.9 Å². The number of aromatic nitrogens is 3. The highest BCUT2D eigenvalue weighted by Gasteiger charge is 2.10. The van der Waals surface area contributed by atoms with Crippen molar-refractivity contribution >= 4 is 33.4 Å². The minimum absolute atomic E-state index is 0.160. The topological polar surface area (TPSA) is 93.5 Å². The third-order valence-corrected chi connectivity index (χ3v) is 2.46. The second kappa shape index (κ2) is 3.50. The Morgan fingerprint density at radius 2 is 2.40 bits per heavy atom. The van der Waals surface area contributed by atoms with Crippen LogP contribution in [0, 0.1) is 0 Å². The van der Waals surface area contributed by atoms with Crippen LogP contribution in [0.25, 0.3) is 5.65 Å². The van der Waals surface area contributed by atoms with Gasteiger partial charge in [-0.2, -0.15) is 5.10 Å². The van der Waals surface area contributed by atoms with Gasteiger partial charge in [0.15, 0.2) is 5.65 Å². The first kappa shape index (κ1) is 9.91. The van der Waals surface area contributed by atoms with Crippen LogP contribution in [0.1, 0.15) is 5.56 Å². The lowest BCUT2D eigenvalue weighted by molar-refractivity contribution is -0.136. The molecule has 0 aliphatic heterocycles. The third-order valence-electron chi connectivity index (χ3n) is 1.90. The van der Waals surface area contributed by atoms with Gasteiger partial charge in [0.25, 0.3) is 0 Å². The van der Waals surface area contributed by atoms with Crippen molar-refractivity contribution in [1.29, 1.82) is 0 Å². The van der Waals surface area contributed by atoms with Crippen LogP contribution in [0.2, 0.25) is 0 Å². The molecule has 2 rings (SSSR count). The number of hydrogen-bond donors (Lipinski definition) is 2. The highest BCUT2D eigenvalue weighted by atomic mass is 79.9. The Morgan fingerprint density at radius 3 is 3.07 bits per heavy atom. The molecule has 6 nitrogen and oxygen atoms in total. The molecule has 0 aromatic carbocycles. The van der Waals surface area contributed by atoms with Crippen LogP contribution in [0.5, 0.6) is 0 Å². The van der Waals surface area contributed by atoms with Crippen LogP contribution < -0.4 is 5.73 Å². The Hall–Kier alpha value is -1.63. The van der Waals surface area contributed by atoms with E-state index in [1.54, 1.807) is 12.4 Å². The Bertz CT molecular complexity index is 537. The molecule has 2 aromatic heterocycles. The fraction of sp³-hybridized carbons (Fsp3) is 0.125. The van der Waals surface area contributed by atoms with Gasteiger partial charge in [-0.15, -0.1) is 0 Å². The molecule has 0 unspecified atom stereocenters. The Balaban J connectivity index is 2.57. The van der Waals surface area contributed by atoms with Crippen LogP contribution in [0.3, 0.4) is 0 Å². The van der Waals surface area contributed by atoms with E-state index in [1.165, 1.54) is 4.52 Å². The highest BCUT2D eigenvalue weighted by molar-refractivity contribution is 9.10. The average Bonchev–Trinajstić information content (AvgIpc) is 2.48. The standard InChI is InChI=1S/C8H7BrN4O2/c9-5-2-11-13-3-4(1-6(14)15)7(10)12-8(5)13/h2-3H,1H2,(H2,10,12)(H,14,15). The summed E-state index contributed by atoms with van der Waals surface area (Å²) in [5, 5.41) is 12.6. The van der Waals surface area contributed by atoms with Gasteiger partial charge in [-0.3, -0.25) is 4.79 Å². The quantitative estimate of drug-likeness (QED) is 0.838. The van der Waals surface area contributed by atoms with E-state index in [1.807, 2.05) is 0 Å². The maximum Gasteiger partial charge on any atom is 0.308 e. The fourth-order valence-corrected chi connectivity index (χ4v) is 1.59. The van der Waals surface area contributed by atoms with E-state index in [2.05, 4.69) is 26.0 Å². The summed E-state index contributed by atoms with van der Waals surface area (Å²) in [5.74, 6) is -0.736. The zero-order valence-electron chi connectivity index (χ0n) is 7.51. The number of carboxylic acid groups (broad SMARTS) is 1. The lowest BCUT2D eigenvalue weighted by atomic mass is 10.2. The van der Waals surface area contributed by atoms with Crippen molar-refractivity contribution < 1.29 is 9.90 Å². The van der Waals surface area contributed by atoms with Crippen molar-refractivity contribution in [2.24, 2.45) is 0 Å². The van der Waals surface area contributed by atoms with E-state index >= 15 is 0 Å². The molecule has 3 N–H and O–H groups in total. The maximum absolute atomic E-state index is 10.5. The summed E-state index contributed by atoms with van der Waals surface area (Å²) in [4.78, 5) is 14.6. The summed E-state index contributed by atoms with van der Waals surface area (Å²) in [5.41, 5.74) is 6.65. The lowest BCUT2D eigenvalue weighted by Crippen LogP contribution is -2.07. The summed E-state index contributed by atoms with van der Waals surface area (Å²) in [6.07, 6.45) is 2.98. The van der Waals surface area contributed by atoms with Gasteiger partial charge in [0, 0.05) is 11.8 Å². The molecule has 0 fully saturated rings. The molecule has 2 heterocycles. The lowest BCUT2D eigenvalue weighted by Gasteiger charge is -2.02. The van der Waals surface area contributed by atoms with E-state index < -0.39 is 5.97 Å². The van der Waals surface area contributed by atoms with Crippen molar-refractivity contribution in [3.05, 3.63) is 22.4 Å². The van der Waals surface area contributed by atoms with Crippen LogP contribution in [0.4, 0.5) is 5.82 Å². The predicted octanol–water partition coefficient (Wildman–Crippen LogP) is 0.701. The smallest absolute Gasteiger partial charge is 0.308 e. The number of carboxylic acids is 1. The molecule has 0 atom stereocenters. The van der Waals surface area contributed by atoms with Crippen LogP contribution in [-0.4, -0.2) is 25.7 Å². The molecule has 0 saturated heterocycles. The molecule has 0 aliphatic rings. The summed E-state index contributed by atoms with van der Waals surface area (Å²) in [6.45, 7) is 0. The molecule has 78 valence electrons. The number of rotatable bonds is 2. The normalized spacial score (nSPS) is 10.7. The summed E-state index contributed by atoms with van der Waals surface area (Å²) < 4.78 is 2.20. The molecule has 0 spiro atoms. The second-order valence-corrected chi connectivity index (χ2v) is 3.84. The van der Waals surface area contributed by atoms with E-state index in [0.29, 0.717) is 11.2 Å². The SMILES string of the molecule is Nc1nc2c(Br)cnn2cc1CC(=O)O. The number of halogens is 1. The number of nitrogens with zero attached hydrogens (tertiary/aromatic N) is 3. The zero-order chi connectivity index (χ0) is 11.0. The monoisotopic (exact) mass is 270 g/mol. The van der Waals surface area contributed by atoms with Gasteiger partial charge in [0.05, 0.1) is 17.1 Å². The summed E-state index contributed by atoms with van der Waals surface area (Å²) in [7, 11) is 0. The van der Waals surface area contributed by atoms with Crippen LogP contribution in [-0.2, 0) is 11.2 Å². The van der Waals surface area contributed by atoms with Gasteiger partial charge >= 0.3 is 5.97 Å². The Morgan fingerprint density at radius 1 is 1.67 bits per heavy atom. The Labute approximate surface area is 92.9 Å². The van der Waals surface area contributed by atoms with Gasteiger partial charge in [0.1, 0.15) is 5.82 Å². The molecule has 0 radical (unpaired) electrons. The first-order chi connectivity index (χ1) is 7.08. The molecule has 7 heteroatoms. The molecule has 0 saturated carbocycles. The third kappa shape index (κ3) is 1.78. The second-order valence-electron chi connectivity index (χ2n) is 2.98. The molecular formula is C8H7BrN4O2. The predicted molar refractivity (Wildman–Crippen MR) is 56.4 cm³/mol. The minimum Gasteiger partial charge on any atom is -0.481 e. The summed E-state index contributed by atoms with van der Waals surface area (Å²) >= 11 is 3.26. The zero-order valence-corrected chi connectivity index (χ0v) is 9.10. The average molecular weight is 271 g/mol. The minimum atomic E-state index is -0.950. The van der Waals surface area contributed by atoms with Gasteiger partial charge in [-0.1, -0.05) is 0 Å². The number of fused-ring (bicyclic) bond motifs is 1. The largest absolute Gasteiger partial charge is 0.481 e. The van der Waals surface area contributed by atoms with Gasteiger partial charge < -0.3 is 10.8 Å². The molecular weight excluding hydrogens is 264 g/mol. The highest BCUT2D eigenvalue weighted by Crippen LogP contribution is 2.18. The summed E-state index contributed by atoms with van der Waals surface area (Å²) in [6, 6.07) is 0. The van der Waals surface area contributed by atoms with Crippen molar-refractivity contribution in [3.8, 4) is 0 Å². The van der Waals surface area contributed by atoms with Crippen molar-refractivity contribution in [2.45, 2.75) is 6.42 Å². The molecule has 2 aromatic rings. The molecule has 0 aliphatic carbocycles. The molecule has 0 bridgehead atoms. The van der Waals surface area contributed by atoms with E-state index in [-0.39, 0.29) is 12.2 Å². The van der Waals surface area contributed by atoms with Crippen LogP contribution >= 0.6 is 15.9 Å². The first-order valence-corrected chi connectivity index (χ1v) is 4.87. The molecule has 15 heavy (non-hydrogen) atoms. The molecule has 0 amide bonds. The van der Waals surface area contributed by atoms with E-state index in [4.69, 9.17) is 10.8 Å². The van der Waals surface area contributed by atoms with Crippen LogP contribution in [0.15, 0.2) is 16.9 Å².